The SMILES string of the molecule is Cc1nc2cc(C(=O)NCc3ccccc3Cl)ccc2n(C)c1=O. The minimum atomic E-state index is -0.217. The Bertz CT molecular complexity index is 995. The van der Waals surface area contributed by atoms with Crippen LogP contribution in [-0.2, 0) is 13.6 Å². The van der Waals surface area contributed by atoms with E-state index in [-0.39, 0.29) is 11.5 Å². The minimum absolute atomic E-state index is 0.140. The van der Waals surface area contributed by atoms with E-state index in [9.17, 15) is 9.59 Å². The molecule has 1 heterocycles. The van der Waals surface area contributed by atoms with E-state index in [2.05, 4.69) is 10.3 Å². The first-order valence-electron chi connectivity index (χ1n) is 7.46. The Labute approximate surface area is 143 Å². The van der Waals surface area contributed by atoms with Crippen LogP contribution in [0.3, 0.4) is 0 Å². The zero-order valence-electron chi connectivity index (χ0n) is 13.3. The third kappa shape index (κ3) is 3.03. The normalized spacial score (nSPS) is 10.8. The van der Waals surface area contributed by atoms with E-state index in [1.54, 1.807) is 38.2 Å². The summed E-state index contributed by atoms with van der Waals surface area (Å²) in [5.74, 6) is -0.217. The van der Waals surface area contributed by atoms with E-state index >= 15 is 0 Å². The maximum Gasteiger partial charge on any atom is 0.272 e. The minimum Gasteiger partial charge on any atom is -0.348 e. The molecule has 0 saturated carbocycles. The van der Waals surface area contributed by atoms with Crippen molar-refractivity contribution in [2.45, 2.75) is 13.5 Å². The van der Waals surface area contributed by atoms with Crippen LogP contribution in [0.25, 0.3) is 11.0 Å². The monoisotopic (exact) mass is 341 g/mol. The first-order chi connectivity index (χ1) is 11.5. The molecule has 1 N–H and O–H groups in total. The lowest BCUT2D eigenvalue weighted by molar-refractivity contribution is 0.0951. The number of nitrogens with zero attached hydrogens (tertiary/aromatic N) is 2. The van der Waals surface area contributed by atoms with Crippen molar-refractivity contribution in [3.05, 3.63) is 74.7 Å². The van der Waals surface area contributed by atoms with Crippen molar-refractivity contribution < 1.29 is 4.79 Å². The molecule has 2 aromatic carbocycles. The number of aromatic nitrogens is 2. The second kappa shape index (κ2) is 6.45. The summed E-state index contributed by atoms with van der Waals surface area (Å²) in [4.78, 5) is 28.5. The topological polar surface area (TPSA) is 64.0 Å². The summed E-state index contributed by atoms with van der Waals surface area (Å²) in [5, 5.41) is 3.46. The van der Waals surface area contributed by atoms with Gasteiger partial charge in [-0.05, 0) is 36.8 Å². The fourth-order valence-electron chi connectivity index (χ4n) is 2.54. The number of benzene rings is 2. The fourth-order valence-corrected chi connectivity index (χ4v) is 2.74. The molecule has 0 fully saturated rings. The third-order valence-corrected chi connectivity index (χ3v) is 4.27. The number of halogens is 1. The summed E-state index contributed by atoms with van der Waals surface area (Å²) in [7, 11) is 1.69. The van der Waals surface area contributed by atoms with Gasteiger partial charge in [-0.15, -0.1) is 0 Å². The summed E-state index contributed by atoms with van der Waals surface area (Å²) in [6.07, 6.45) is 0. The summed E-state index contributed by atoms with van der Waals surface area (Å²) in [6.45, 7) is 2.00. The highest BCUT2D eigenvalue weighted by Crippen LogP contribution is 2.16. The maximum atomic E-state index is 12.4. The van der Waals surface area contributed by atoms with Gasteiger partial charge in [-0.1, -0.05) is 29.8 Å². The average molecular weight is 342 g/mol. The Kier molecular flexibility index (Phi) is 4.36. The fraction of sp³-hybridized carbons (Fsp3) is 0.167. The number of aryl methyl sites for hydroxylation is 2. The van der Waals surface area contributed by atoms with Gasteiger partial charge in [0.05, 0.1) is 11.0 Å². The molecule has 1 aromatic heterocycles. The second-order valence-electron chi connectivity index (χ2n) is 5.54. The van der Waals surface area contributed by atoms with E-state index in [1.165, 1.54) is 4.57 Å². The molecule has 3 aromatic rings. The van der Waals surface area contributed by atoms with Gasteiger partial charge in [-0.2, -0.15) is 0 Å². The molecule has 0 unspecified atom stereocenters. The molecular weight excluding hydrogens is 326 g/mol. The number of carbonyl (C=O) groups excluding carboxylic acids is 1. The number of hydrogen-bond donors (Lipinski definition) is 1. The molecule has 122 valence electrons. The average Bonchev–Trinajstić information content (AvgIpc) is 2.58. The van der Waals surface area contributed by atoms with E-state index in [1.807, 2.05) is 18.2 Å². The maximum absolute atomic E-state index is 12.4. The van der Waals surface area contributed by atoms with Gasteiger partial charge in [0.2, 0.25) is 0 Å². The number of carbonyl (C=O) groups is 1. The van der Waals surface area contributed by atoms with Crippen LogP contribution in [0.1, 0.15) is 21.6 Å². The Morgan fingerprint density at radius 1 is 1.25 bits per heavy atom. The van der Waals surface area contributed by atoms with Crippen molar-refractivity contribution >= 4 is 28.5 Å². The van der Waals surface area contributed by atoms with Crippen LogP contribution < -0.4 is 10.9 Å². The summed E-state index contributed by atoms with van der Waals surface area (Å²) >= 11 is 6.09. The van der Waals surface area contributed by atoms with Gasteiger partial charge in [-0.25, -0.2) is 4.98 Å². The standard InChI is InChI=1S/C18H16ClN3O2/c1-11-18(24)22(2)16-8-7-12(9-15(16)21-11)17(23)20-10-13-5-3-4-6-14(13)19/h3-9H,10H2,1-2H3,(H,20,23). The van der Waals surface area contributed by atoms with Crippen LogP contribution >= 0.6 is 11.6 Å². The summed E-state index contributed by atoms with van der Waals surface area (Å²) in [5.41, 5.74) is 2.90. The molecule has 3 rings (SSSR count). The van der Waals surface area contributed by atoms with Crippen LogP contribution in [0.5, 0.6) is 0 Å². The molecule has 0 aliphatic heterocycles. The number of rotatable bonds is 3. The molecular formula is C18H16ClN3O2. The molecule has 0 spiro atoms. The van der Waals surface area contributed by atoms with Crippen LogP contribution in [0.4, 0.5) is 0 Å². The quantitative estimate of drug-likeness (QED) is 0.796. The van der Waals surface area contributed by atoms with Gasteiger partial charge >= 0.3 is 0 Å². The molecule has 0 bridgehead atoms. The summed E-state index contributed by atoms with van der Waals surface area (Å²) < 4.78 is 1.53. The smallest absolute Gasteiger partial charge is 0.272 e. The van der Waals surface area contributed by atoms with E-state index in [4.69, 9.17) is 11.6 Å². The van der Waals surface area contributed by atoms with Gasteiger partial charge < -0.3 is 9.88 Å². The first kappa shape index (κ1) is 16.2. The Morgan fingerprint density at radius 3 is 2.75 bits per heavy atom. The van der Waals surface area contributed by atoms with Gasteiger partial charge in [-0.3, -0.25) is 9.59 Å². The highest BCUT2D eigenvalue weighted by atomic mass is 35.5. The molecule has 0 aliphatic rings. The van der Waals surface area contributed by atoms with Crippen molar-refractivity contribution in [2.24, 2.45) is 7.05 Å². The first-order valence-corrected chi connectivity index (χ1v) is 7.84. The molecule has 24 heavy (non-hydrogen) atoms. The molecule has 0 atom stereocenters. The van der Waals surface area contributed by atoms with Crippen molar-refractivity contribution in [1.82, 2.24) is 14.9 Å². The molecule has 6 heteroatoms. The zero-order chi connectivity index (χ0) is 17.3. The molecule has 0 saturated heterocycles. The number of hydrogen-bond acceptors (Lipinski definition) is 3. The second-order valence-corrected chi connectivity index (χ2v) is 5.95. The van der Waals surface area contributed by atoms with Crippen LogP contribution in [0.2, 0.25) is 5.02 Å². The van der Waals surface area contributed by atoms with Gasteiger partial charge in [0.1, 0.15) is 5.69 Å². The zero-order valence-corrected chi connectivity index (χ0v) is 14.1. The molecule has 0 aliphatic carbocycles. The van der Waals surface area contributed by atoms with Crippen molar-refractivity contribution in [3.8, 4) is 0 Å². The number of amides is 1. The van der Waals surface area contributed by atoms with Crippen LogP contribution in [0.15, 0.2) is 47.3 Å². The highest BCUT2D eigenvalue weighted by molar-refractivity contribution is 6.31. The lowest BCUT2D eigenvalue weighted by Crippen LogP contribution is -2.24. The van der Waals surface area contributed by atoms with E-state index in [0.717, 1.165) is 5.56 Å². The third-order valence-electron chi connectivity index (χ3n) is 3.90. The predicted octanol–water partition coefficient (Wildman–Crippen LogP) is 2.83. The molecule has 1 amide bonds. The van der Waals surface area contributed by atoms with Crippen molar-refractivity contribution in [3.63, 3.8) is 0 Å². The van der Waals surface area contributed by atoms with E-state index < -0.39 is 0 Å². The van der Waals surface area contributed by atoms with Gasteiger partial charge in [0.15, 0.2) is 0 Å². The highest BCUT2D eigenvalue weighted by Gasteiger charge is 2.10. The Hall–Kier alpha value is -2.66. The number of nitrogens with one attached hydrogen (secondary N) is 1. The van der Waals surface area contributed by atoms with Crippen LogP contribution in [-0.4, -0.2) is 15.5 Å². The van der Waals surface area contributed by atoms with Crippen molar-refractivity contribution in [2.75, 3.05) is 0 Å². The van der Waals surface area contributed by atoms with Gasteiger partial charge in [0.25, 0.3) is 11.5 Å². The molecule has 0 radical (unpaired) electrons. The Balaban J connectivity index is 1.87. The van der Waals surface area contributed by atoms with E-state index in [0.29, 0.717) is 33.9 Å². The lowest BCUT2D eigenvalue weighted by atomic mass is 10.1. The van der Waals surface area contributed by atoms with Crippen LogP contribution in [0, 0.1) is 6.92 Å². The number of fused-ring (bicyclic) bond motifs is 1. The lowest BCUT2D eigenvalue weighted by Gasteiger charge is -2.09. The van der Waals surface area contributed by atoms with Crippen molar-refractivity contribution in [1.29, 1.82) is 0 Å². The Morgan fingerprint density at radius 2 is 2.00 bits per heavy atom. The summed E-state index contributed by atoms with van der Waals surface area (Å²) in [6, 6.07) is 12.5. The predicted molar refractivity (Wildman–Crippen MR) is 94.3 cm³/mol. The van der Waals surface area contributed by atoms with Gasteiger partial charge in [0, 0.05) is 24.2 Å². The molecule has 5 nitrogen and oxygen atoms in total. The largest absolute Gasteiger partial charge is 0.348 e.